The summed E-state index contributed by atoms with van der Waals surface area (Å²) < 4.78 is 2.91. The van der Waals surface area contributed by atoms with Gasteiger partial charge in [0.05, 0.1) is 9.68 Å². The molecule has 0 spiro atoms. The smallest absolute Gasteiger partial charge is 0.0948 e. The molecule has 1 aliphatic carbocycles. The average molecular weight is 230 g/mol. The van der Waals surface area contributed by atoms with Crippen LogP contribution in [0.1, 0.15) is 52.4 Å². The van der Waals surface area contributed by atoms with Crippen LogP contribution in [0, 0.1) is 0 Å². The van der Waals surface area contributed by atoms with Crippen molar-refractivity contribution in [3.63, 3.8) is 0 Å². The van der Waals surface area contributed by atoms with E-state index in [1.54, 1.807) is 0 Å². The van der Waals surface area contributed by atoms with Gasteiger partial charge in [-0.2, -0.15) is 0 Å². The zero-order valence-electron chi connectivity index (χ0n) is 10.3. The van der Waals surface area contributed by atoms with Crippen LogP contribution < -0.4 is 0 Å². The predicted octanol–water partition coefficient (Wildman–Crippen LogP) is 1.25. The molecule has 0 amide bonds. The van der Waals surface area contributed by atoms with Crippen LogP contribution in [-0.2, 0) is 0 Å². The zero-order valence-corrected chi connectivity index (χ0v) is 13.7. The van der Waals surface area contributed by atoms with Crippen LogP contribution in [0.5, 0.6) is 0 Å². The number of hydrogen-bond donors (Lipinski definition) is 0. The monoisotopic (exact) mass is 229 g/mol. The van der Waals surface area contributed by atoms with E-state index in [1.807, 2.05) is 0 Å². The van der Waals surface area contributed by atoms with E-state index >= 15 is 0 Å². The molecule has 0 N–H and O–H groups in total. The first-order valence-electron chi connectivity index (χ1n) is 6.48. The third-order valence-corrected chi connectivity index (χ3v) is 6.33. The third-order valence-electron chi connectivity index (χ3n) is 3.20. The molecule has 1 aliphatic rings. The van der Waals surface area contributed by atoms with Crippen molar-refractivity contribution in [2.24, 2.45) is 0 Å². The molecule has 0 bridgehead atoms. The Kier molecular flexibility index (Phi) is 6.05. The van der Waals surface area contributed by atoms with Gasteiger partial charge in [-0.1, -0.05) is 38.3 Å². The highest BCUT2D eigenvalue weighted by molar-refractivity contribution is 6.47. The molecule has 0 heterocycles. The minimum absolute atomic E-state index is 0.0993. The Morgan fingerprint density at radius 3 is 2.50 bits per heavy atom. The number of hydrogen-bond acceptors (Lipinski definition) is 1. The molecule has 0 saturated heterocycles. The molecule has 14 heavy (non-hydrogen) atoms. The Morgan fingerprint density at radius 2 is 2.00 bits per heavy atom. The summed E-state index contributed by atoms with van der Waals surface area (Å²) in [5, 5.41) is 1.10. The highest BCUT2D eigenvalue weighted by Gasteiger charge is 2.20. The summed E-state index contributed by atoms with van der Waals surface area (Å²) in [6.07, 6.45) is 8.85. The van der Waals surface area contributed by atoms with Crippen molar-refractivity contribution in [1.82, 2.24) is 4.57 Å². The van der Waals surface area contributed by atoms with Gasteiger partial charge in [0.1, 0.15) is 0 Å². The largest absolute Gasteiger partial charge is 0.326 e. The second-order valence-corrected chi connectivity index (χ2v) is 11.6. The zero-order chi connectivity index (χ0) is 10.4. The maximum absolute atomic E-state index is 2.91. The lowest BCUT2D eigenvalue weighted by Crippen LogP contribution is -2.41. The molecule has 84 valence electrons. The Balaban J connectivity index is 2.38. The molecule has 0 aromatic rings. The fourth-order valence-electron chi connectivity index (χ4n) is 2.63. The van der Waals surface area contributed by atoms with E-state index in [-0.39, 0.29) is 9.68 Å². The number of nitrogens with zero attached hydrogens (tertiary/aromatic N) is 1. The van der Waals surface area contributed by atoms with Gasteiger partial charge in [-0.3, -0.25) is 0 Å². The summed E-state index contributed by atoms with van der Waals surface area (Å²) in [7, 11) is 1.51. The van der Waals surface area contributed by atoms with Crippen molar-refractivity contribution in [2.75, 3.05) is 6.54 Å². The minimum atomic E-state index is 0.0993. The normalized spacial score (nSPS) is 22.5. The molecule has 1 rings (SSSR count). The van der Waals surface area contributed by atoms with Crippen LogP contribution in [0.15, 0.2) is 0 Å². The lowest BCUT2D eigenvalue weighted by molar-refractivity contribution is 0.256. The Hall–Kier alpha value is 0.394. The summed E-state index contributed by atoms with van der Waals surface area (Å²) in [5.74, 6) is 0. The summed E-state index contributed by atoms with van der Waals surface area (Å²) in [4.78, 5) is 0. The summed E-state index contributed by atoms with van der Waals surface area (Å²) >= 11 is 0. The van der Waals surface area contributed by atoms with Crippen LogP contribution in [0.25, 0.3) is 0 Å². The molecule has 0 aromatic carbocycles. The molecule has 0 radical (unpaired) electrons. The van der Waals surface area contributed by atoms with Crippen molar-refractivity contribution in [3.8, 4) is 0 Å². The molecule has 0 aliphatic heterocycles. The average Bonchev–Trinajstić information content (AvgIpc) is 2.18. The quantitative estimate of drug-likeness (QED) is 0.642. The highest BCUT2D eigenvalue weighted by atomic mass is 28.3. The molecular formula is C11H27NSi2. The first kappa shape index (κ1) is 12.5. The highest BCUT2D eigenvalue weighted by Crippen LogP contribution is 2.23. The molecule has 0 aromatic heterocycles. The second kappa shape index (κ2) is 6.80. The molecule has 1 fully saturated rings. The van der Waals surface area contributed by atoms with Crippen molar-refractivity contribution < 1.29 is 0 Å². The second-order valence-electron chi connectivity index (χ2n) is 5.18. The fourth-order valence-corrected chi connectivity index (χ4v) is 6.13. The van der Waals surface area contributed by atoms with Gasteiger partial charge in [0, 0.05) is 16.3 Å². The van der Waals surface area contributed by atoms with Gasteiger partial charge in [-0.15, -0.1) is 0 Å². The van der Waals surface area contributed by atoms with Crippen LogP contribution in [0.3, 0.4) is 0 Å². The topological polar surface area (TPSA) is 3.24 Å². The number of rotatable bonds is 5. The Bertz CT molecular complexity index is 144. The van der Waals surface area contributed by atoms with E-state index in [0.717, 1.165) is 11.2 Å². The standard InChI is InChI=1S/C11H27NSi2/c1-3-9-12(14-10(2)13)11-7-5-4-6-8-11/h10-11H,3-9,14H2,1-2,13H3. The lowest BCUT2D eigenvalue weighted by Gasteiger charge is -2.35. The third kappa shape index (κ3) is 4.28. The summed E-state index contributed by atoms with van der Waals surface area (Å²) in [5.41, 5.74) is 0. The van der Waals surface area contributed by atoms with E-state index in [4.69, 9.17) is 0 Å². The van der Waals surface area contributed by atoms with Crippen molar-refractivity contribution in [2.45, 2.75) is 63.6 Å². The first-order chi connectivity index (χ1) is 6.74. The first-order valence-corrected chi connectivity index (χ1v) is 9.08. The van der Waals surface area contributed by atoms with Gasteiger partial charge < -0.3 is 4.57 Å². The predicted molar refractivity (Wildman–Crippen MR) is 71.8 cm³/mol. The summed E-state index contributed by atoms with van der Waals surface area (Å²) in [6, 6.07) is 0.992. The van der Waals surface area contributed by atoms with Gasteiger partial charge in [0.2, 0.25) is 0 Å². The van der Waals surface area contributed by atoms with Crippen molar-refractivity contribution in [3.05, 3.63) is 0 Å². The fraction of sp³-hybridized carbons (Fsp3) is 1.00. The molecular weight excluding hydrogens is 202 g/mol. The van der Waals surface area contributed by atoms with Crippen LogP contribution in [0.4, 0.5) is 0 Å². The van der Waals surface area contributed by atoms with Gasteiger partial charge in [0.25, 0.3) is 0 Å². The summed E-state index contributed by atoms with van der Waals surface area (Å²) in [6.45, 7) is 6.19. The van der Waals surface area contributed by atoms with Crippen LogP contribution in [-0.4, -0.2) is 37.1 Å². The minimum Gasteiger partial charge on any atom is -0.326 e. The maximum Gasteiger partial charge on any atom is 0.0948 e. The van der Waals surface area contributed by atoms with E-state index in [2.05, 4.69) is 18.4 Å². The van der Waals surface area contributed by atoms with Gasteiger partial charge in [-0.05, 0) is 25.8 Å². The van der Waals surface area contributed by atoms with Gasteiger partial charge in [-0.25, -0.2) is 0 Å². The van der Waals surface area contributed by atoms with Gasteiger partial charge >= 0.3 is 0 Å². The van der Waals surface area contributed by atoms with Gasteiger partial charge in [0.15, 0.2) is 0 Å². The van der Waals surface area contributed by atoms with Crippen molar-refractivity contribution >= 4 is 19.9 Å². The van der Waals surface area contributed by atoms with E-state index in [0.29, 0.717) is 0 Å². The lowest BCUT2D eigenvalue weighted by atomic mass is 9.95. The molecule has 1 atom stereocenters. The van der Waals surface area contributed by atoms with E-state index in [1.165, 1.54) is 55.3 Å². The SMILES string of the molecule is CCCN([SiH2]C(C)[SiH3])C1CCCCC1. The Labute approximate surface area is 95.0 Å². The molecule has 1 nitrogen and oxygen atoms in total. The van der Waals surface area contributed by atoms with Crippen LogP contribution >= 0.6 is 0 Å². The molecule has 3 heteroatoms. The maximum atomic E-state index is 2.91. The molecule has 1 unspecified atom stereocenters. The van der Waals surface area contributed by atoms with E-state index in [9.17, 15) is 0 Å². The van der Waals surface area contributed by atoms with Crippen molar-refractivity contribution in [1.29, 1.82) is 0 Å². The van der Waals surface area contributed by atoms with Crippen LogP contribution in [0.2, 0.25) is 5.16 Å². The Morgan fingerprint density at radius 1 is 1.36 bits per heavy atom. The molecule has 1 saturated carbocycles. The van der Waals surface area contributed by atoms with E-state index < -0.39 is 0 Å².